The Morgan fingerprint density at radius 3 is 2.31 bits per heavy atom. The molecule has 0 radical (unpaired) electrons. The van der Waals surface area contributed by atoms with Crippen molar-refractivity contribution in [3.8, 4) is 11.5 Å². The quantitative estimate of drug-likeness (QED) is 0.499. The molecule has 1 heterocycles. The van der Waals surface area contributed by atoms with Crippen LogP contribution in [0.1, 0.15) is 56.2 Å². The molecule has 1 N–H and O–H groups in total. The summed E-state index contributed by atoms with van der Waals surface area (Å²) >= 11 is 0. The van der Waals surface area contributed by atoms with E-state index < -0.39 is 0 Å². The maximum absolute atomic E-state index is 6.15. The number of ether oxygens (including phenoxy) is 2. The number of nitrogens with one attached hydrogen (secondary N) is 1. The molecule has 0 bridgehead atoms. The Hall–Kier alpha value is -1.46. The predicted molar refractivity (Wildman–Crippen MR) is 137 cm³/mol. The molecule has 32 heavy (non-hydrogen) atoms. The Morgan fingerprint density at radius 1 is 0.906 bits per heavy atom. The van der Waals surface area contributed by atoms with Crippen LogP contribution in [0.25, 0.3) is 0 Å². The maximum atomic E-state index is 6.15. The first-order chi connectivity index (χ1) is 14.8. The molecular formula is C26H38Cl2N2O2. The molecule has 2 aromatic carbocycles. The Balaban J connectivity index is 0.00000181. The maximum Gasteiger partial charge on any atom is 0.161 e. The highest BCUT2D eigenvalue weighted by molar-refractivity contribution is 5.85. The van der Waals surface area contributed by atoms with Gasteiger partial charge in [-0.2, -0.15) is 0 Å². The normalized spacial score (nSPS) is 18.2. The molecule has 1 aliphatic carbocycles. The number of nitrogens with zero attached hydrogens (tertiary/aromatic N) is 1. The lowest BCUT2D eigenvalue weighted by molar-refractivity contribution is 0.103. The van der Waals surface area contributed by atoms with Crippen LogP contribution in [0.5, 0.6) is 11.5 Å². The van der Waals surface area contributed by atoms with Crippen molar-refractivity contribution in [1.82, 2.24) is 10.2 Å². The molecule has 0 aromatic heterocycles. The summed E-state index contributed by atoms with van der Waals surface area (Å²) < 4.78 is 12.2. The van der Waals surface area contributed by atoms with E-state index in [1.165, 1.54) is 43.2 Å². The van der Waals surface area contributed by atoms with E-state index in [1.54, 1.807) is 0 Å². The van der Waals surface area contributed by atoms with Crippen LogP contribution in [0.4, 0.5) is 0 Å². The Bertz CT molecular complexity index is 761. The molecule has 4 nitrogen and oxygen atoms in total. The van der Waals surface area contributed by atoms with Gasteiger partial charge < -0.3 is 14.8 Å². The molecule has 2 fully saturated rings. The van der Waals surface area contributed by atoms with Crippen molar-refractivity contribution in [2.45, 2.75) is 51.7 Å². The SMILES string of the molecule is CCOc1cc([C@H](C2CCCCC2)N2CCNCC2)ccc1OCc1ccccc1.Cl.Cl. The topological polar surface area (TPSA) is 33.7 Å². The molecule has 1 aliphatic heterocycles. The van der Waals surface area contributed by atoms with E-state index in [2.05, 4.69) is 40.5 Å². The van der Waals surface area contributed by atoms with Gasteiger partial charge in [-0.05, 0) is 48.9 Å². The monoisotopic (exact) mass is 480 g/mol. The Labute approximate surface area is 205 Å². The summed E-state index contributed by atoms with van der Waals surface area (Å²) in [7, 11) is 0. The molecule has 1 atom stereocenters. The van der Waals surface area contributed by atoms with Crippen molar-refractivity contribution in [3.05, 3.63) is 59.7 Å². The van der Waals surface area contributed by atoms with E-state index in [0.717, 1.165) is 43.6 Å². The van der Waals surface area contributed by atoms with Gasteiger partial charge in [-0.1, -0.05) is 55.7 Å². The van der Waals surface area contributed by atoms with Gasteiger partial charge in [0.2, 0.25) is 0 Å². The molecule has 4 rings (SSSR count). The molecule has 2 aliphatic rings. The van der Waals surface area contributed by atoms with Crippen LogP contribution in [-0.4, -0.2) is 37.7 Å². The van der Waals surface area contributed by atoms with Gasteiger partial charge in [0, 0.05) is 32.2 Å². The van der Waals surface area contributed by atoms with E-state index in [9.17, 15) is 0 Å². The van der Waals surface area contributed by atoms with Gasteiger partial charge >= 0.3 is 0 Å². The third kappa shape index (κ3) is 7.02. The fourth-order valence-corrected chi connectivity index (χ4v) is 5.02. The highest BCUT2D eigenvalue weighted by atomic mass is 35.5. The molecule has 1 saturated heterocycles. The minimum Gasteiger partial charge on any atom is -0.490 e. The van der Waals surface area contributed by atoms with E-state index in [1.807, 2.05) is 25.1 Å². The van der Waals surface area contributed by atoms with Crippen LogP contribution in [0.3, 0.4) is 0 Å². The van der Waals surface area contributed by atoms with Gasteiger partial charge in [-0.15, -0.1) is 24.8 Å². The van der Waals surface area contributed by atoms with Crippen molar-refractivity contribution in [1.29, 1.82) is 0 Å². The average molecular weight is 482 g/mol. The van der Waals surface area contributed by atoms with Crippen LogP contribution in [-0.2, 0) is 6.61 Å². The van der Waals surface area contributed by atoms with Crippen molar-refractivity contribution in [2.24, 2.45) is 5.92 Å². The second-order valence-electron chi connectivity index (χ2n) is 8.54. The van der Waals surface area contributed by atoms with E-state index >= 15 is 0 Å². The molecule has 0 unspecified atom stereocenters. The van der Waals surface area contributed by atoms with E-state index in [-0.39, 0.29) is 24.8 Å². The van der Waals surface area contributed by atoms with Gasteiger partial charge in [0.15, 0.2) is 11.5 Å². The number of hydrogen-bond acceptors (Lipinski definition) is 4. The minimum atomic E-state index is 0. The van der Waals surface area contributed by atoms with Gasteiger partial charge in [-0.25, -0.2) is 0 Å². The fraction of sp³-hybridized carbons (Fsp3) is 0.538. The van der Waals surface area contributed by atoms with Gasteiger partial charge in [0.25, 0.3) is 0 Å². The van der Waals surface area contributed by atoms with Gasteiger partial charge in [0.1, 0.15) is 6.61 Å². The number of rotatable bonds is 8. The largest absolute Gasteiger partial charge is 0.490 e. The first-order valence-corrected chi connectivity index (χ1v) is 11.7. The highest BCUT2D eigenvalue weighted by Crippen LogP contribution is 2.41. The molecular weight excluding hydrogens is 443 g/mol. The Morgan fingerprint density at radius 2 is 1.62 bits per heavy atom. The first kappa shape index (κ1) is 26.8. The molecule has 0 amide bonds. The lowest BCUT2D eigenvalue weighted by Gasteiger charge is -2.41. The summed E-state index contributed by atoms with van der Waals surface area (Å²) in [4.78, 5) is 2.70. The summed E-state index contributed by atoms with van der Waals surface area (Å²) in [6.45, 7) is 7.66. The number of halogens is 2. The van der Waals surface area contributed by atoms with Gasteiger partial charge in [0.05, 0.1) is 6.61 Å². The van der Waals surface area contributed by atoms with Crippen LogP contribution in [0.15, 0.2) is 48.5 Å². The van der Waals surface area contributed by atoms with Crippen molar-refractivity contribution < 1.29 is 9.47 Å². The zero-order valence-electron chi connectivity index (χ0n) is 19.1. The number of piperazine rings is 1. The second-order valence-corrected chi connectivity index (χ2v) is 8.54. The van der Waals surface area contributed by atoms with Crippen molar-refractivity contribution in [2.75, 3.05) is 32.8 Å². The second kappa shape index (κ2) is 13.9. The summed E-state index contributed by atoms with van der Waals surface area (Å²) in [5, 5.41) is 3.51. The fourth-order valence-electron chi connectivity index (χ4n) is 5.02. The van der Waals surface area contributed by atoms with Gasteiger partial charge in [-0.3, -0.25) is 4.90 Å². The molecule has 6 heteroatoms. The molecule has 2 aromatic rings. The first-order valence-electron chi connectivity index (χ1n) is 11.7. The minimum absolute atomic E-state index is 0. The Kier molecular flexibility index (Phi) is 11.7. The molecule has 0 spiro atoms. The van der Waals surface area contributed by atoms with Crippen molar-refractivity contribution >= 4 is 24.8 Å². The number of benzene rings is 2. The van der Waals surface area contributed by atoms with E-state index in [0.29, 0.717) is 19.3 Å². The van der Waals surface area contributed by atoms with E-state index in [4.69, 9.17) is 9.47 Å². The zero-order valence-corrected chi connectivity index (χ0v) is 20.8. The highest BCUT2D eigenvalue weighted by Gasteiger charge is 2.31. The lowest BCUT2D eigenvalue weighted by Crippen LogP contribution is -2.47. The smallest absolute Gasteiger partial charge is 0.161 e. The van der Waals surface area contributed by atoms with Crippen LogP contribution >= 0.6 is 24.8 Å². The summed E-state index contributed by atoms with van der Waals surface area (Å²) in [5.41, 5.74) is 2.56. The summed E-state index contributed by atoms with van der Waals surface area (Å²) in [6.07, 6.45) is 6.80. The zero-order chi connectivity index (χ0) is 20.6. The molecule has 178 valence electrons. The summed E-state index contributed by atoms with van der Waals surface area (Å²) in [5.74, 6) is 2.46. The predicted octanol–water partition coefficient (Wildman–Crippen LogP) is 6.03. The van der Waals surface area contributed by atoms with Crippen LogP contribution in [0.2, 0.25) is 0 Å². The van der Waals surface area contributed by atoms with Crippen molar-refractivity contribution in [3.63, 3.8) is 0 Å². The third-order valence-corrected chi connectivity index (χ3v) is 6.49. The lowest BCUT2D eigenvalue weighted by atomic mass is 9.80. The summed E-state index contributed by atoms with van der Waals surface area (Å²) in [6, 6.07) is 17.5. The van der Waals surface area contributed by atoms with Crippen LogP contribution < -0.4 is 14.8 Å². The number of hydrogen-bond donors (Lipinski definition) is 1. The standard InChI is InChI=1S/C26H36N2O2.2ClH/c1-2-29-25-19-23(13-14-24(25)30-20-21-9-5-3-6-10-21)26(22-11-7-4-8-12-22)28-17-15-27-16-18-28;;/h3,5-6,9-10,13-14,19,22,26-27H,2,4,7-8,11-12,15-18,20H2,1H3;2*1H/t26-;;/m0../s1. The molecule has 1 saturated carbocycles. The third-order valence-electron chi connectivity index (χ3n) is 6.49. The van der Waals surface area contributed by atoms with Crippen LogP contribution in [0, 0.1) is 5.92 Å². The average Bonchev–Trinajstić information content (AvgIpc) is 2.81.